The molecule has 0 bridgehead atoms. The average Bonchev–Trinajstić information content (AvgIpc) is 3.23. The molecule has 2 aromatic rings. The van der Waals surface area contributed by atoms with Gasteiger partial charge in [-0.05, 0) is 46.5 Å². The minimum atomic E-state index is -2.40. The Hall–Kier alpha value is -1.97. The van der Waals surface area contributed by atoms with Crippen LogP contribution in [0.3, 0.4) is 0 Å². The summed E-state index contributed by atoms with van der Waals surface area (Å²) >= 11 is 0. The van der Waals surface area contributed by atoms with Gasteiger partial charge >= 0.3 is 0 Å². The molecule has 0 aliphatic heterocycles. The summed E-state index contributed by atoms with van der Waals surface area (Å²) in [6.45, 7) is 7.83. The van der Waals surface area contributed by atoms with Crippen molar-refractivity contribution in [1.29, 1.82) is 0 Å². The quantitative estimate of drug-likeness (QED) is 0.165. The van der Waals surface area contributed by atoms with Crippen LogP contribution in [0.25, 0.3) is 0 Å². The Morgan fingerprint density at radius 1 is 0.906 bits per heavy atom. The molecule has 0 aromatic heterocycles. The maximum absolute atomic E-state index is 10.9. The van der Waals surface area contributed by atoms with E-state index in [1.807, 2.05) is 0 Å². The molecule has 3 heteroatoms. The Labute approximate surface area is 196 Å². The van der Waals surface area contributed by atoms with Gasteiger partial charge in [-0.25, -0.2) is 0 Å². The van der Waals surface area contributed by atoms with Crippen LogP contribution < -0.4 is 10.4 Å². The largest absolute Gasteiger partial charge is 0.407 e. The fraction of sp³-hybridized carbons (Fsp3) is 0.483. The number of carbonyl (C=O) groups excluding carboxylic acids is 1. The molecule has 0 unspecified atom stereocenters. The molecule has 2 atom stereocenters. The third-order valence-corrected chi connectivity index (χ3v) is 12.0. The van der Waals surface area contributed by atoms with Crippen molar-refractivity contribution in [3.63, 3.8) is 0 Å². The van der Waals surface area contributed by atoms with Crippen LogP contribution in [-0.4, -0.2) is 21.2 Å². The van der Waals surface area contributed by atoms with Crippen LogP contribution in [0.1, 0.15) is 65.7 Å². The van der Waals surface area contributed by atoms with E-state index in [1.54, 1.807) is 0 Å². The molecule has 2 nitrogen and oxygen atoms in total. The highest BCUT2D eigenvalue weighted by Gasteiger charge is 2.49. The molecule has 32 heavy (non-hydrogen) atoms. The molecule has 2 aromatic carbocycles. The maximum Gasteiger partial charge on any atom is 0.261 e. The highest BCUT2D eigenvalue weighted by Crippen LogP contribution is 2.37. The highest BCUT2D eigenvalue weighted by atomic mass is 28.4. The summed E-state index contributed by atoms with van der Waals surface area (Å²) in [5.41, 5.74) is 0. The number of carbonyl (C=O) groups is 1. The molecular formula is C29H40O2Si. The van der Waals surface area contributed by atoms with Crippen LogP contribution in [0, 0.1) is 11.8 Å². The molecule has 1 aliphatic rings. The van der Waals surface area contributed by atoms with Crippen LogP contribution in [-0.2, 0) is 9.22 Å². The summed E-state index contributed by atoms with van der Waals surface area (Å²) in [6.07, 6.45) is 13.5. The van der Waals surface area contributed by atoms with E-state index in [0.717, 1.165) is 25.7 Å². The van der Waals surface area contributed by atoms with Gasteiger partial charge in [0.2, 0.25) is 0 Å². The first-order valence-electron chi connectivity index (χ1n) is 12.3. The van der Waals surface area contributed by atoms with Crippen molar-refractivity contribution >= 4 is 25.0 Å². The zero-order valence-corrected chi connectivity index (χ0v) is 21.1. The molecule has 1 aliphatic carbocycles. The monoisotopic (exact) mass is 448 g/mol. The zero-order chi connectivity index (χ0) is 22.9. The molecular weight excluding hydrogens is 408 g/mol. The average molecular weight is 449 g/mol. The smallest absolute Gasteiger partial charge is 0.261 e. The van der Waals surface area contributed by atoms with Crippen molar-refractivity contribution in [3.8, 4) is 0 Å². The third-order valence-electron chi connectivity index (χ3n) is 7.00. The lowest BCUT2D eigenvalue weighted by Gasteiger charge is -2.43. The number of unbranched alkanes of at least 4 members (excludes halogenated alkanes) is 3. The molecule has 0 saturated heterocycles. The number of benzene rings is 2. The topological polar surface area (TPSA) is 26.3 Å². The first-order chi connectivity index (χ1) is 15.5. The number of rotatable bonds is 12. The van der Waals surface area contributed by atoms with Crippen molar-refractivity contribution in [3.05, 3.63) is 72.8 Å². The van der Waals surface area contributed by atoms with E-state index in [0.29, 0.717) is 18.3 Å². The van der Waals surface area contributed by atoms with Gasteiger partial charge in [0.15, 0.2) is 0 Å². The van der Waals surface area contributed by atoms with Gasteiger partial charge in [-0.15, -0.1) is 0 Å². The van der Waals surface area contributed by atoms with Crippen LogP contribution in [0.5, 0.6) is 0 Å². The van der Waals surface area contributed by atoms with E-state index in [4.69, 9.17) is 4.43 Å². The van der Waals surface area contributed by atoms with Gasteiger partial charge in [0.1, 0.15) is 6.29 Å². The molecule has 0 saturated carbocycles. The van der Waals surface area contributed by atoms with Gasteiger partial charge in [-0.1, -0.05) is 113 Å². The van der Waals surface area contributed by atoms with Crippen molar-refractivity contribution in [2.45, 2.75) is 70.8 Å². The SMILES string of the molecule is CC(C)(C)[Si](OCCCCCC[C@H]1CC=C[C@H]1CC=O)(c1ccccc1)c1ccccc1. The summed E-state index contributed by atoms with van der Waals surface area (Å²) in [5.74, 6) is 1.15. The third kappa shape index (κ3) is 5.88. The van der Waals surface area contributed by atoms with E-state index in [-0.39, 0.29) is 5.04 Å². The number of aldehydes is 1. The Kier molecular flexibility index (Phi) is 9.07. The van der Waals surface area contributed by atoms with E-state index in [1.165, 1.54) is 36.1 Å². The van der Waals surface area contributed by atoms with Crippen molar-refractivity contribution in [2.75, 3.05) is 6.61 Å². The predicted octanol–water partition coefficient (Wildman–Crippen LogP) is 6.29. The Bertz CT molecular complexity index is 799. The van der Waals surface area contributed by atoms with Gasteiger partial charge < -0.3 is 9.22 Å². The molecule has 0 spiro atoms. The molecule has 0 radical (unpaired) electrons. The number of allylic oxidation sites excluding steroid dienone is 2. The molecule has 0 heterocycles. The van der Waals surface area contributed by atoms with Crippen LogP contribution >= 0.6 is 0 Å². The second kappa shape index (κ2) is 11.8. The minimum Gasteiger partial charge on any atom is -0.407 e. The Balaban J connectivity index is 1.58. The number of hydrogen-bond donors (Lipinski definition) is 0. The Morgan fingerprint density at radius 3 is 2.06 bits per heavy atom. The fourth-order valence-electron chi connectivity index (χ4n) is 5.32. The van der Waals surface area contributed by atoms with Gasteiger partial charge in [0, 0.05) is 13.0 Å². The number of hydrogen-bond acceptors (Lipinski definition) is 2. The minimum absolute atomic E-state index is 0.0404. The lowest BCUT2D eigenvalue weighted by Crippen LogP contribution is -2.66. The van der Waals surface area contributed by atoms with E-state index >= 15 is 0 Å². The van der Waals surface area contributed by atoms with Gasteiger partial charge in [-0.2, -0.15) is 0 Å². The second-order valence-electron chi connectivity index (χ2n) is 10.2. The predicted molar refractivity (Wildman–Crippen MR) is 138 cm³/mol. The summed E-state index contributed by atoms with van der Waals surface area (Å²) in [5, 5.41) is 2.75. The van der Waals surface area contributed by atoms with Crippen LogP contribution in [0.4, 0.5) is 0 Å². The van der Waals surface area contributed by atoms with Crippen LogP contribution in [0.2, 0.25) is 5.04 Å². The van der Waals surface area contributed by atoms with Gasteiger partial charge in [0.25, 0.3) is 8.32 Å². The van der Waals surface area contributed by atoms with E-state index in [9.17, 15) is 4.79 Å². The molecule has 172 valence electrons. The maximum atomic E-state index is 10.9. The summed E-state index contributed by atoms with van der Waals surface area (Å²) in [6, 6.07) is 21.8. The lowest BCUT2D eigenvalue weighted by atomic mass is 9.88. The van der Waals surface area contributed by atoms with Crippen molar-refractivity contribution in [1.82, 2.24) is 0 Å². The summed E-state index contributed by atoms with van der Waals surface area (Å²) in [7, 11) is -2.40. The normalized spacial score (nSPS) is 18.7. The van der Waals surface area contributed by atoms with E-state index < -0.39 is 8.32 Å². The molecule has 0 fully saturated rings. The first kappa shape index (κ1) is 24.7. The fourth-order valence-corrected chi connectivity index (χ4v) is 9.93. The second-order valence-corrected chi connectivity index (χ2v) is 14.5. The van der Waals surface area contributed by atoms with Crippen LogP contribution in [0.15, 0.2) is 72.8 Å². The van der Waals surface area contributed by atoms with Gasteiger partial charge in [0.05, 0.1) is 0 Å². The summed E-state index contributed by atoms with van der Waals surface area (Å²) < 4.78 is 6.99. The Morgan fingerprint density at radius 2 is 1.50 bits per heavy atom. The lowest BCUT2D eigenvalue weighted by molar-refractivity contribution is -0.108. The van der Waals surface area contributed by atoms with Gasteiger partial charge in [-0.3, -0.25) is 0 Å². The molecule has 0 amide bonds. The van der Waals surface area contributed by atoms with E-state index in [2.05, 4.69) is 93.6 Å². The molecule has 0 N–H and O–H groups in total. The summed E-state index contributed by atoms with van der Waals surface area (Å²) in [4.78, 5) is 10.9. The van der Waals surface area contributed by atoms with Crippen molar-refractivity contribution in [2.24, 2.45) is 11.8 Å². The first-order valence-corrected chi connectivity index (χ1v) is 14.2. The standard InChI is InChI=1S/C29H40O2Si/c1-29(2,3)32(27-18-9-6-10-19-27,28-20-11-7-12-21-28)31-24-13-5-4-8-15-25-16-14-17-26(25)22-23-30/h6-7,9-12,14,17-21,23,25-26H,4-5,8,13,15-16,22,24H2,1-3H3/t25-,26-/m0/s1. The zero-order valence-electron chi connectivity index (χ0n) is 20.1. The highest BCUT2D eigenvalue weighted by molar-refractivity contribution is 6.99. The van der Waals surface area contributed by atoms with Crippen molar-refractivity contribution < 1.29 is 9.22 Å². The molecule has 3 rings (SSSR count).